The zero-order valence-corrected chi connectivity index (χ0v) is 5.03. The van der Waals surface area contributed by atoms with Crippen molar-refractivity contribution in [3.8, 4) is 0 Å². The molecule has 0 spiro atoms. The molecular weight excluding hydrogens is 116 g/mol. The molecule has 0 aliphatic heterocycles. The van der Waals surface area contributed by atoms with Crippen LogP contribution in [0.15, 0.2) is 24.3 Å². The van der Waals surface area contributed by atoms with Gasteiger partial charge in [0.2, 0.25) is 0 Å². The van der Waals surface area contributed by atoms with Crippen molar-refractivity contribution in [1.29, 1.82) is 0 Å². The molecule has 38 valence electrons. The quantitative estimate of drug-likeness (QED) is 0.477. The molecule has 0 heterocycles. The summed E-state index contributed by atoms with van der Waals surface area (Å²) >= 11 is 4.99. The Morgan fingerprint density at radius 3 is 2.00 bits per heavy atom. The number of rotatable bonds is 0. The molecule has 0 unspecified atom stereocenters. The van der Waals surface area contributed by atoms with E-state index in [0.717, 1.165) is 4.86 Å². The van der Waals surface area contributed by atoms with Crippen LogP contribution in [0.4, 0.5) is 0 Å². The topological polar surface area (TPSA) is 0 Å². The van der Waals surface area contributed by atoms with Crippen LogP contribution < -0.4 is 0 Å². The lowest BCUT2D eigenvalue weighted by Crippen LogP contribution is -2.09. The third-order valence-corrected chi connectivity index (χ3v) is 1.86. The summed E-state index contributed by atoms with van der Waals surface area (Å²) in [6.45, 7) is 0. The van der Waals surface area contributed by atoms with E-state index in [2.05, 4.69) is 6.07 Å². The Labute approximate surface area is 53.1 Å². The Kier molecular flexibility index (Phi) is 0.619. The maximum absolute atomic E-state index is 4.99. The fourth-order valence-corrected chi connectivity index (χ4v) is 1.14. The molecule has 2 aliphatic carbocycles. The first kappa shape index (κ1) is 4.21. The number of fused-ring (bicyclic) bond motifs is 2. The molecule has 0 fully saturated rings. The lowest BCUT2D eigenvalue weighted by molar-refractivity contribution is 1.55. The number of benzene rings is 1. The van der Waals surface area contributed by atoms with Gasteiger partial charge in [0.05, 0.1) is 4.86 Å². The molecule has 0 N–H and O–H groups in total. The molecule has 0 nitrogen and oxygen atoms in total. The summed E-state index contributed by atoms with van der Waals surface area (Å²) in [5.74, 6) is 0. The second-order valence-corrected chi connectivity index (χ2v) is 2.32. The zero-order valence-electron chi connectivity index (χ0n) is 4.22. The van der Waals surface area contributed by atoms with E-state index >= 15 is 0 Å². The van der Waals surface area contributed by atoms with Crippen molar-refractivity contribution in [2.24, 2.45) is 0 Å². The Hall–Kier alpha value is -0.690. The van der Waals surface area contributed by atoms with E-state index in [9.17, 15) is 0 Å². The van der Waals surface area contributed by atoms with Crippen LogP contribution >= 0.6 is 12.2 Å². The van der Waals surface area contributed by atoms with Crippen LogP contribution in [0.1, 0.15) is 11.1 Å². The van der Waals surface area contributed by atoms with E-state index in [1.165, 1.54) is 11.1 Å². The second-order valence-electron chi connectivity index (χ2n) is 1.91. The molecule has 0 saturated heterocycles. The summed E-state index contributed by atoms with van der Waals surface area (Å²) in [5, 5.41) is 0. The first-order valence-corrected chi connectivity index (χ1v) is 2.93. The highest BCUT2D eigenvalue weighted by Crippen LogP contribution is 2.20. The highest BCUT2D eigenvalue weighted by atomic mass is 32.1. The maximum atomic E-state index is 4.99. The molecule has 1 aromatic rings. The third kappa shape index (κ3) is 0.329. The molecule has 0 aromatic heterocycles. The average Bonchev–Trinajstić information content (AvgIpc) is 1.89. The molecular formula is C7H4S. The fraction of sp³-hybridized carbons (Fsp3) is 0. The van der Waals surface area contributed by atoms with Crippen molar-refractivity contribution >= 4 is 17.1 Å². The van der Waals surface area contributed by atoms with Gasteiger partial charge in [-0.2, -0.15) is 0 Å². The first-order valence-electron chi connectivity index (χ1n) is 2.53. The monoisotopic (exact) mass is 120 g/mol. The number of hydrogen-bond donors (Lipinski definition) is 0. The largest absolute Gasteiger partial charge is 0.0788 e. The van der Waals surface area contributed by atoms with Crippen LogP contribution in [-0.4, -0.2) is 4.86 Å². The van der Waals surface area contributed by atoms with Crippen LogP contribution in [0.2, 0.25) is 0 Å². The van der Waals surface area contributed by atoms with Crippen LogP contribution in [0.5, 0.6) is 0 Å². The zero-order chi connectivity index (χ0) is 5.56. The molecule has 2 bridgehead atoms. The lowest BCUT2D eigenvalue weighted by atomic mass is 9.93. The predicted molar refractivity (Wildman–Crippen MR) is 37.2 cm³/mol. The van der Waals surface area contributed by atoms with E-state index in [1.807, 2.05) is 18.2 Å². The van der Waals surface area contributed by atoms with Gasteiger partial charge in [-0.15, -0.1) is 0 Å². The SMILES string of the molecule is S=C1c2cccc1c2. The van der Waals surface area contributed by atoms with Crippen molar-refractivity contribution in [1.82, 2.24) is 0 Å². The van der Waals surface area contributed by atoms with Crippen LogP contribution in [-0.2, 0) is 0 Å². The fourth-order valence-electron chi connectivity index (χ4n) is 0.891. The number of hydrogen-bond acceptors (Lipinski definition) is 1. The van der Waals surface area contributed by atoms with Gasteiger partial charge >= 0.3 is 0 Å². The lowest BCUT2D eigenvalue weighted by Gasteiger charge is -2.13. The maximum Gasteiger partial charge on any atom is 0.0522 e. The van der Waals surface area contributed by atoms with Gasteiger partial charge in [-0.05, 0) is 17.2 Å². The van der Waals surface area contributed by atoms with Crippen LogP contribution in [0.25, 0.3) is 0 Å². The van der Waals surface area contributed by atoms with E-state index in [1.54, 1.807) is 0 Å². The van der Waals surface area contributed by atoms with Gasteiger partial charge in [0.1, 0.15) is 0 Å². The van der Waals surface area contributed by atoms with Gasteiger partial charge in [0, 0.05) is 0 Å². The van der Waals surface area contributed by atoms with Crippen molar-refractivity contribution in [3.05, 3.63) is 35.4 Å². The molecule has 8 heavy (non-hydrogen) atoms. The van der Waals surface area contributed by atoms with Crippen LogP contribution in [0.3, 0.4) is 0 Å². The Morgan fingerprint density at radius 1 is 1.12 bits per heavy atom. The average molecular weight is 120 g/mol. The molecule has 0 atom stereocenters. The molecule has 0 radical (unpaired) electrons. The van der Waals surface area contributed by atoms with E-state index in [0.29, 0.717) is 0 Å². The van der Waals surface area contributed by atoms with Crippen molar-refractivity contribution in [2.75, 3.05) is 0 Å². The van der Waals surface area contributed by atoms with Crippen molar-refractivity contribution < 1.29 is 0 Å². The highest BCUT2D eigenvalue weighted by Gasteiger charge is 2.12. The minimum absolute atomic E-state index is 1.03. The minimum Gasteiger partial charge on any atom is -0.0788 e. The van der Waals surface area contributed by atoms with Gasteiger partial charge in [0.15, 0.2) is 0 Å². The molecule has 1 heteroatoms. The van der Waals surface area contributed by atoms with E-state index in [-0.39, 0.29) is 0 Å². The standard InChI is InChI=1S/C7H4S/c8-7-5-2-1-3-6(7)4-5/h1-4H. The van der Waals surface area contributed by atoms with E-state index in [4.69, 9.17) is 12.2 Å². The normalized spacial score (nSPS) is 13.2. The smallest absolute Gasteiger partial charge is 0.0522 e. The summed E-state index contributed by atoms with van der Waals surface area (Å²) in [5.41, 5.74) is 2.44. The summed E-state index contributed by atoms with van der Waals surface area (Å²) in [7, 11) is 0. The summed E-state index contributed by atoms with van der Waals surface area (Å²) in [4.78, 5) is 1.03. The molecule has 0 saturated carbocycles. The molecule has 1 aromatic carbocycles. The van der Waals surface area contributed by atoms with Gasteiger partial charge in [-0.25, -0.2) is 0 Å². The molecule has 0 amide bonds. The molecule has 3 rings (SSSR count). The predicted octanol–water partition coefficient (Wildman–Crippen LogP) is 1.77. The summed E-state index contributed by atoms with van der Waals surface area (Å²) < 4.78 is 0. The number of thiocarbonyl (C=S) groups is 1. The first-order chi connectivity index (χ1) is 3.88. The Morgan fingerprint density at radius 2 is 1.75 bits per heavy atom. The molecule has 2 aliphatic rings. The van der Waals surface area contributed by atoms with Gasteiger partial charge in [0.25, 0.3) is 0 Å². The summed E-state index contributed by atoms with van der Waals surface area (Å²) in [6.07, 6.45) is 0. The second kappa shape index (κ2) is 1.17. The Balaban J connectivity index is 2.81. The van der Waals surface area contributed by atoms with Gasteiger partial charge in [-0.3, -0.25) is 0 Å². The Bertz CT molecular complexity index is 222. The third-order valence-electron chi connectivity index (χ3n) is 1.39. The van der Waals surface area contributed by atoms with Gasteiger partial charge < -0.3 is 0 Å². The van der Waals surface area contributed by atoms with Crippen molar-refractivity contribution in [3.63, 3.8) is 0 Å². The van der Waals surface area contributed by atoms with Crippen molar-refractivity contribution in [2.45, 2.75) is 0 Å². The van der Waals surface area contributed by atoms with Crippen LogP contribution in [0, 0.1) is 0 Å². The minimum atomic E-state index is 1.03. The van der Waals surface area contributed by atoms with E-state index < -0.39 is 0 Å². The summed E-state index contributed by atoms with van der Waals surface area (Å²) in [6, 6.07) is 8.20. The highest BCUT2D eigenvalue weighted by molar-refractivity contribution is 7.81. The van der Waals surface area contributed by atoms with Gasteiger partial charge in [-0.1, -0.05) is 30.4 Å².